The first-order valence-corrected chi connectivity index (χ1v) is 7.63. The van der Waals surface area contributed by atoms with Crippen molar-refractivity contribution >= 4 is 0 Å². The van der Waals surface area contributed by atoms with E-state index in [0.29, 0.717) is 0 Å². The summed E-state index contributed by atoms with van der Waals surface area (Å²) in [7, 11) is 0. The van der Waals surface area contributed by atoms with E-state index in [4.69, 9.17) is 4.74 Å². The predicted molar refractivity (Wildman–Crippen MR) is 77.2 cm³/mol. The fourth-order valence-corrected chi connectivity index (χ4v) is 2.05. The SMILES string of the molecule is CCCCC(CCCC)=C(CCCC)OCC. The van der Waals surface area contributed by atoms with Crippen molar-refractivity contribution in [3.05, 3.63) is 11.3 Å². The molecule has 0 rings (SSSR count). The highest BCUT2D eigenvalue weighted by molar-refractivity contribution is 5.09. The molecular weight excluding hydrogens is 208 g/mol. The molecule has 0 aliphatic heterocycles. The molecule has 0 radical (unpaired) electrons. The molecule has 1 heteroatoms. The Bertz CT molecular complexity index is 184. The van der Waals surface area contributed by atoms with Gasteiger partial charge in [-0.25, -0.2) is 0 Å². The van der Waals surface area contributed by atoms with Gasteiger partial charge in [-0.15, -0.1) is 0 Å². The number of hydrogen-bond acceptors (Lipinski definition) is 1. The lowest BCUT2D eigenvalue weighted by Crippen LogP contribution is -1.99. The van der Waals surface area contributed by atoms with Crippen molar-refractivity contribution in [1.29, 1.82) is 0 Å². The molecule has 102 valence electrons. The highest BCUT2D eigenvalue weighted by atomic mass is 16.5. The van der Waals surface area contributed by atoms with Crippen molar-refractivity contribution in [2.75, 3.05) is 6.61 Å². The number of unbranched alkanes of at least 4 members (excludes halogenated alkanes) is 3. The first-order chi connectivity index (χ1) is 8.29. The van der Waals surface area contributed by atoms with Crippen LogP contribution in [0.25, 0.3) is 0 Å². The second kappa shape index (κ2) is 12.0. The molecule has 0 spiro atoms. The molecule has 0 N–H and O–H groups in total. The molecule has 0 saturated heterocycles. The van der Waals surface area contributed by atoms with E-state index in [2.05, 4.69) is 27.7 Å². The van der Waals surface area contributed by atoms with E-state index >= 15 is 0 Å². The van der Waals surface area contributed by atoms with E-state index in [1.807, 2.05) is 0 Å². The highest BCUT2D eigenvalue weighted by Crippen LogP contribution is 2.23. The highest BCUT2D eigenvalue weighted by Gasteiger charge is 2.07. The molecule has 0 aliphatic carbocycles. The van der Waals surface area contributed by atoms with Gasteiger partial charge in [-0.2, -0.15) is 0 Å². The van der Waals surface area contributed by atoms with Gasteiger partial charge in [0.05, 0.1) is 12.4 Å². The van der Waals surface area contributed by atoms with Crippen LogP contribution in [-0.4, -0.2) is 6.61 Å². The number of allylic oxidation sites excluding steroid dienone is 2. The Labute approximate surface area is 109 Å². The van der Waals surface area contributed by atoms with Crippen molar-refractivity contribution < 1.29 is 4.74 Å². The summed E-state index contributed by atoms with van der Waals surface area (Å²) < 4.78 is 5.88. The smallest absolute Gasteiger partial charge is 0.0951 e. The van der Waals surface area contributed by atoms with Gasteiger partial charge in [0.1, 0.15) is 0 Å². The lowest BCUT2D eigenvalue weighted by atomic mass is 9.99. The molecule has 17 heavy (non-hydrogen) atoms. The first kappa shape index (κ1) is 16.5. The molecule has 0 amide bonds. The summed E-state index contributed by atoms with van der Waals surface area (Å²) in [5.41, 5.74) is 1.60. The van der Waals surface area contributed by atoms with Crippen LogP contribution in [0.3, 0.4) is 0 Å². The Morgan fingerprint density at radius 2 is 1.18 bits per heavy atom. The second-order valence-electron chi connectivity index (χ2n) is 4.77. The fraction of sp³-hybridized carbons (Fsp3) is 0.875. The van der Waals surface area contributed by atoms with Gasteiger partial charge in [0.25, 0.3) is 0 Å². The topological polar surface area (TPSA) is 9.23 Å². The van der Waals surface area contributed by atoms with Gasteiger partial charge in [0, 0.05) is 6.42 Å². The molecule has 0 heterocycles. The van der Waals surface area contributed by atoms with E-state index in [0.717, 1.165) is 13.0 Å². The zero-order chi connectivity index (χ0) is 12.9. The van der Waals surface area contributed by atoms with Gasteiger partial charge >= 0.3 is 0 Å². The molecule has 0 atom stereocenters. The molecule has 0 aromatic heterocycles. The van der Waals surface area contributed by atoms with Gasteiger partial charge in [-0.05, 0) is 44.6 Å². The van der Waals surface area contributed by atoms with Gasteiger partial charge in [0.2, 0.25) is 0 Å². The van der Waals surface area contributed by atoms with Crippen LogP contribution >= 0.6 is 0 Å². The van der Waals surface area contributed by atoms with Crippen molar-refractivity contribution in [1.82, 2.24) is 0 Å². The maximum absolute atomic E-state index is 5.88. The quantitative estimate of drug-likeness (QED) is 0.412. The summed E-state index contributed by atoms with van der Waals surface area (Å²) in [6.07, 6.45) is 11.3. The summed E-state index contributed by atoms with van der Waals surface area (Å²) >= 11 is 0. The van der Waals surface area contributed by atoms with Gasteiger partial charge < -0.3 is 4.74 Å². The van der Waals surface area contributed by atoms with Gasteiger partial charge in [-0.3, -0.25) is 0 Å². The number of rotatable bonds is 11. The van der Waals surface area contributed by atoms with Crippen molar-refractivity contribution in [3.8, 4) is 0 Å². The molecule has 0 aliphatic rings. The van der Waals surface area contributed by atoms with Crippen LogP contribution in [0, 0.1) is 0 Å². The Morgan fingerprint density at radius 1 is 0.706 bits per heavy atom. The predicted octanol–water partition coefficient (Wildman–Crippen LogP) is 5.85. The average Bonchev–Trinajstić information content (AvgIpc) is 2.35. The van der Waals surface area contributed by atoms with Gasteiger partial charge in [-0.1, -0.05) is 40.0 Å². The lowest BCUT2D eigenvalue weighted by molar-refractivity contribution is 0.210. The zero-order valence-electron chi connectivity index (χ0n) is 12.5. The molecule has 0 aromatic carbocycles. The largest absolute Gasteiger partial charge is 0.498 e. The Kier molecular flexibility index (Phi) is 11.7. The minimum atomic E-state index is 0.820. The maximum Gasteiger partial charge on any atom is 0.0951 e. The van der Waals surface area contributed by atoms with Crippen LogP contribution in [0.2, 0.25) is 0 Å². The van der Waals surface area contributed by atoms with Crippen LogP contribution in [0.4, 0.5) is 0 Å². The third-order valence-corrected chi connectivity index (χ3v) is 3.13. The summed E-state index contributed by atoms with van der Waals surface area (Å²) in [6, 6.07) is 0. The molecular formula is C16H32O. The van der Waals surface area contributed by atoms with E-state index < -0.39 is 0 Å². The van der Waals surface area contributed by atoms with Gasteiger partial charge in [0.15, 0.2) is 0 Å². The summed E-state index contributed by atoms with van der Waals surface area (Å²) in [5.74, 6) is 1.32. The Morgan fingerprint density at radius 3 is 1.59 bits per heavy atom. The summed E-state index contributed by atoms with van der Waals surface area (Å²) in [6.45, 7) is 9.71. The zero-order valence-corrected chi connectivity index (χ0v) is 12.5. The molecule has 0 unspecified atom stereocenters. The third kappa shape index (κ3) is 8.29. The van der Waals surface area contributed by atoms with E-state index in [1.165, 1.54) is 57.1 Å². The first-order valence-electron chi connectivity index (χ1n) is 7.63. The molecule has 1 nitrogen and oxygen atoms in total. The second-order valence-corrected chi connectivity index (χ2v) is 4.77. The van der Waals surface area contributed by atoms with Crippen LogP contribution < -0.4 is 0 Å². The minimum Gasteiger partial charge on any atom is -0.498 e. The average molecular weight is 240 g/mol. The standard InChI is InChI=1S/C16H32O/c1-5-9-12-15(13-10-6-2)16(17-8-4)14-11-7-3/h5-14H2,1-4H3. The number of ether oxygens (including phenoxy) is 1. The normalized spacial score (nSPS) is 10.4. The third-order valence-electron chi connectivity index (χ3n) is 3.13. The summed E-state index contributed by atoms with van der Waals surface area (Å²) in [4.78, 5) is 0. The number of hydrogen-bond donors (Lipinski definition) is 0. The maximum atomic E-state index is 5.88. The Balaban J connectivity index is 4.53. The fourth-order valence-electron chi connectivity index (χ4n) is 2.05. The van der Waals surface area contributed by atoms with Crippen LogP contribution in [0.5, 0.6) is 0 Å². The monoisotopic (exact) mass is 240 g/mol. The van der Waals surface area contributed by atoms with Crippen LogP contribution in [0.15, 0.2) is 11.3 Å². The van der Waals surface area contributed by atoms with Crippen molar-refractivity contribution in [3.63, 3.8) is 0 Å². The van der Waals surface area contributed by atoms with Crippen molar-refractivity contribution in [2.24, 2.45) is 0 Å². The van der Waals surface area contributed by atoms with E-state index in [1.54, 1.807) is 5.57 Å². The van der Waals surface area contributed by atoms with Crippen LogP contribution in [-0.2, 0) is 4.74 Å². The van der Waals surface area contributed by atoms with Crippen molar-refractivity contribution in [2.45, 2.75) is 85.5 Å². The molecule has 0 fully saturated rings. The Hall–Kier alpha value is -0.460. The van der Waals surface area contributed by atoms with E-state index in [-0.39, 0.29) is 0 Å². The van der Waals surface area contributed by atoms with Crippen LogP contribution in [0.1, 0.15) is 85.5 Å². The molecule has 0 aromatic rings. The molecule has 0 bridgehead atoms. The minimum absolute atomic E-state index is 0.820. The molecule has 0 saturated carbocycles. The van der Waals surface area contributed by atoms with E-state index in [9.17, 15) is 0 Å². The lowest BCUT2D eigenvalue weighted by Gasteiger charge is -2.16. The summed E-state index contributed by atoms with van der Waals surface area (Å²) in [5, 5.41) is 0.